The summed E-state index contributed by atoms with van der Waals surface area (Å²) in [5, 5.41) is 0. The van der Waals surface area contributed by atoms with Gasteiger partial charge in [0.2, 0.25) is 0 Å². The molecule has 7 nitrogen and oxygen atoms in total. The summed E-state index contributed by atoms with van der Waals surface area (Å²) in [6.07, 6.45) is 0.751. The quantitative estimate of drug-likeness (QED) is 0.327. The monoisotopic (exact) mass is 522 g/mol. The second-order valence-electron chi connectivity index (χ2n) is 9.85. The highest BCUT2D eigenvalue weighted by Crippen LogP contribution is 2.29. The van der Waals surface area contributed by atoms with Crippen molar-refractivity contribution in [3.8, 4) is 22.9 Å². The largest absolute Gasteiger partial charge is 0.497 e. The van der Waals surface area contributed by atoms with Crippen LogP contribution in [0.2, 0.25) is 0 Å². The van der Waals surface area contributed by atoms with Crippen LogP contribution in [0.1, 0.15) is 32.7 Å². The van der Waals surface area contributed by atoms with Gasteiger partial charge in [-0.3, -0.25) is 4.79 Å². The Morgan fingerprint density at radius 3 is 2.15 bits per heavy atom. The predicted octanol–water partition coefficient (Wildman–Crippen LogP) is 5.33. The fraction of sp³-hybridized carbons (Fsp3) is 0.281. The number of hydrogen-bond acceptors (Lipinski definition) is 6. The summed E-state index contributed by atoms with van der Waals surface area (Å²) >= 11 is 0. The second-order valence-corrected chi connectivity index (χ2v) is 9.85. The zero-order valence-corrected chi connectivity index (χ0v) is 23.0. The lowest BCUT2D eigenvalue weighted by atomic mass is 10.0. The lowest BCUT2D eigenvalue weighted by Gasteiger charge is -2.36. The van der Waals surface area contributed by atoms with Crippen LogP contribution in [0, 0.1) is 13.8 Å². The molecule has 1 saturated heterocycles. The summed E-state index contributed by atoms with van der Waals surface area (Å²) in [6, 6.07) is 24.0. The number of hydrogen-bond donors (Lipinski definition) is 0. The Labute approximate surface area is 230 Å². The highest BCUT2D eigenvalue weighted by molar-refractivity contribution is 5.95. The van der Waals surface area contributed by atoms with Gasteiger partial charge in [0.15, 0.2) is 5.82 Å². The van der Waals surface area contributed by atoms with Gasteiger partial charge in [-0.15, -0.1) is 0 Å². The Hall–Kier alpha value is -4.39. The van der Waals surface area contributed by atoms with E-state index in [9.17, 15) is 4.79 Å². The standard InChI is InChI=1S/C32H34N4O3/c1-22-9-8-10-24(17-22)18-29-23(2)33-30(25-11-6-5-7-12-25)34-31(29)35-13-15-36(16-14-35)32(37)26-19-27(38-3)21-28(20-26)39-4/h5-12,17,19-21H,13-16,18H2,1-4H3. The molecule has 1 aromatic heterocycles. The Morgan fingerprint density at radius 1 is 0.821 bits per heavy atom. The van der Waals surface area contributed by atoms with E-state index >= 15 is 0 Å². The molecular weight excluding hydrogens is 488 g/mol. The number of methoxy groups -OCH3 is 2. The van der Waals surface area contributed by atoms with Crippen LogP contribution in [0.25, 0.3) is 11.4 Å². The van der Waals surface area contributed by atoms with Crippen molar-refractivity contribution >= 4 is 11.7 Å². The third-order valence-corrected chi connectivity index (χ3v) is 7.15. The van der Waals surface area contributed by atoms with Gasteiger partial charge in [-0.25, -0.2) is 9.97 Å². The van der Waals surface area contributed by atoms with Gasteiger partial charge in [-0.05, 0) is 31.5 Å². The second kappa shape index (κ2) is 11.6. The first-order chi connectivity index (χ1) is 18.9. The molecule has 0 N–H and O–H groups in total. The van der Waals surface area contributed by atoms with Crippen molar-refractivity contribution in [1.29, 1.82) is 0 Å². The van der Waals surface area contributed by atoms with Crippen molar-refractivity contribution in [3.05, 3.63) is 101 Å². The number of ether oxygens (including phenoxy) is 2. The van der Waals surface area contributed by atoms with Crippen molar-refractivity contribution in [2.24, 2.45) is 0 Å². The molecule has 0 unspecified atom stereocenters. The number of anilines is 1. The van der Waals surface area contributed by atoms with Crippen LogP contribution in [0.3, 0.4) is 0 Å². The minimum Gasteiger partial charge on any atom is -0.497 e. The lowest BCUT2D eigenvalue weighted by molar-refractivity contribution is 0.0745. The summed E-state index contributed by atoms with van der Waals surface area (Å²) < 4.78 is 10.7. The Kier molecular flexibility index (Phi) is 7.77. The van der Waals surface area contributed by atoms with E-state index in [4.69, 9.17) is 19.4 Å². The summed E-state index contributed by atoms with van der Waals surface area (Å²) in [5.41, 5.74) is 6.11. The number of aromatic nitrogens is 2. The van der Waals surface area contributed by atoms with Crippen LogP contribution in [0.5, 0.6) is 11.5 Å². The molecular formula is C32H34N4O3. The fourth-order valence-corrected chi connectivity index (χ4v) is 5.03. The number of carbonyl (C=O) groups is 1. The van der Waals surface area contributed by atoms with Crippen LogP contribution in [0.4, 0.5) is 5.82 Å². The Balaban J connectivity index is 1.42. The number of nitrogens with zero attached hydrogens (tertiary/aromatic N) is 4. The number of piperazine rings is 1. The third kappa shape index (κ3) is 5.87. The fourth-order valence-electron chi connectivity index (χ4n) is 5.03. The summed E-state index contributed by atoms with van der Waals surface area (Å²) in [4.78, 5) is 27.6. The van der Waals surface area contributed by atoms with Gasteiger partial charge in [0.25, 0.3) is 5.91 Å². The van der Waals surface area contributed by atoms with E-state index in [1.807, 2.05) is 35.2 Å². The van der Waals surface area contributed by atoms with Gasteiger partial charge in [-0.2, -0.15) is 0 Å². The van der Waals surface area contributed by atoms with Crippen molar-refractivity contribution in [1.82, 2.24) is 14.9 Å². The molecule has 0 spiro atoms. The highest BCUT2D eigenvalue weighted by Gasteiger charge is 2.26. The number of aryl methyl sites for hydroxylation is 2. The van der Waals surface area contributed by atoms with Crippen LogP contribution in [-0.2, 0) is 6.42 Å². The van der Waals surface area contributed by atoms with Crippen LogP contribution >= 0.6 is 0 Å². The molecule has 5 rings (SSSR count). The van der Waals surface area contributed by atoms with Gasteiger partial charge in [0.05, 0.1) is 14.2 Å². The van der Waals surface area contributed by atoms with Gasteiger partial charge in [0.1, 0.15) is 17.3 Å². The Morgan fingerprint density at radius 2 is 1.51 bits per heavy atom. The van der Waals surface area contributed by atoms with Crippen molar-refractivity contribution in [2.45, 2.75) is 20.3 Å². The van der Waals surface area contributed by atoms with Crippen molar-refractivity contribution in [2.75, 3.05) is 45.3 Å². The molecule has 1 aliphatic rings. The van der Waals surface area contributed by atoms with E-state index in [1.165, 1.54) is 11.1 Å². The molecule has 1 amide bonds. The van der Waals surface area contributed by atoms with E-state index in [0.717, 1.165) is 34.9 Å². The predicted molar refractivity (Wildman–Crippen MR) is 154 cm³/mol. The molecule has 0 radical (unpaired) electrons. The van der Waals surface area contributed by atoms with E-state index in [2.05, 4.69) is 43.0 Å². The zero-order chi connectivity index (χ0) is 27.4. The number of benzene rings is 3. The third-order valence-electron chi connectivity index (χ3n) is 7.15. The molecule has 7 heteroatoms. The molecule has 1 aliphatic heterocycles. The average molecular weight is 523 g/mol. The molecule has 200 valence electrons. The SMILES string of the molecule is COc1cc(OC)cc(C(=O)N2CCN(c3nc(-c4ccccc4)nc(C)c3Cc3cccc(C)c3)CC2)c1. The minimum absolute atomic E-state index is 0.0318. The molecule has 1 fully saturated rings. The molecule has 0 aliphatic carbocycles. The van der Waals surface area contributed by atoms with Crippen molar-refractivity contribution in [3.63, 3.8) is 0 Å². The van der Waals surface area contributed by atoms with Gasteiger partial charge >= 0.3 is 0 Å². The molecule has 4 aromatic rings. The first kappa shape index (κ1) is 26.2. The topological polar surface area (TPSA) is 67.8 Å². The minimum atomic E-state index is -0.0318. The molecule has 0 bridgehead atoms. The first-order valence-corrected chi connectivity index (χ1v) is 13.2. The van der Waals surface area contributed by atoms with Gasteiger partial charge in [-0.1, -0.05) is 60.2 Å². The maximum Gasteiger partial charge on any atom is 0.254 e. The van der Waals surface area contributed by atoms with Crippen LogP contribution < -0.4 is 14.4 Å². The molecule has 3 aromatic carbocycles. The van der Waals surface area contributed by atoms with Crippen LogP contribution in [-0.4, -0.2) is 61.2 Å². The van der Waals surface area contributed by atoms with E-state index in [-0.39, 0.29) is 5.91 Å². The van der Waals surface area contributed by atoms with E-state index in [1.54, 1.807) is 32.4 Å². The maximum atomic E-state index is 13.4. The zero-order valence-electron chi connectivity index (χ0n) is 23.0. The summed E-state index contributed by atoms with van der Waals surface area (Å²) in [7, 11) is 3.17. The number of amides is 1. The van der Waals surface area contributed by atoms with Crippen LogP contribution in [0.15, 0.2) is 72.8 Å². The van der Waals surface area contributed by atoms with E-state index in [0.29, 0.717) is 43.2 Å². The summed E-state index contributed by atoms with van der Waals surface area (Å²) in [5.74, 6) is 2.83. The maximum absolute atomic E-state index is 13.4. The summed E-state index contributed by atoms with van der Waals surface area (Å²) in [6.45, 7) is 6.72. The van der Waals surface area contributed by atoms with Gasteiger partial charge < -0.3 is 19.3 Å². The van der Waals surface area contributed by atoms with Gasteiger partial charge in [0, 0.05) is 61.1 Å². The van der Waals surface area contributed by atoms with Crippen molar-refractivity contribution < 1.29 is 14.3 Å². The normalized spacial score (nSPS) is 13.3. The molecule has 39 heavy (non-hydrogen) atoms. The number of rotatable bonds is 7. The smallest absolute Gasteiger partial charge is 0.254 e. The number of carbonyl (C=O) groups excluding carboxylic acids is 1. The Bertz CT molecular complexity index is 1440. The van der Waals surface area contributed by atoms with E-state index < -0.39 is 0 Å². The lowest BCUT2D eigenvalue weighted by Crippen LogP contribution is -2.49. The molecule has 0 atom stereocenters. The average Bonchev–Trinajstić information content (AvgIpc) is 2.98. The first-order valence-electron chi connectivity index (χ1n) is 13.2. The highest BCUT2D eigenvalue weighted by atomic mass is 16.5. The molecule has 2 heterocycles. The molecule has 0 saturated carbocycles.